The molecule has 3 rings (SSSR count). The Hall–Kier alpha value is -2.17. The minimum Gasteiger partial charge on any atom is -0.466 e. The fourth-order valence-electron chi connectivity index (χ4n) is 2.83. The molecular weight excluding hydrogens is 266 g/mol. The molecule has 0 aliphatic carbocycles. The van der Waals surface area contributed by atoms with Gasteiger partial charge in [0.25, 0.3) is 0 Å². The van der Waals surface area contributed by atoms with Crippen LogP contribution < -0.4 is 4.90 Å². The third-order valence-electron chi connectivity index (χ3n) is 3.97. The van der Waals surface area contributed by atoms with Gasteiger partial charge in [0.05, 0.1) is 18.7 Å². The van der Waals surface area contributed by atoms with Crippen LogP contribution in [0.1, 0.15) is 19.8 Å². The van der Waals surface area contributed by atoms with Gasteiger partial charge in [-0.15, -0.1) is 5.10 Å². The highest BCUT2D eigenvalue weighted by molar-refractivity contribution is 5.91. The van der Waals surface area contributed by atoms with Crippen molar-refractivity contribution < 1.29 is 9.53 Å². The summed E-state index contributed by atoms with van der Waals surface area (Å²) in [5.41, 5.74) is 0. The number of benzene rings is 1. The molecule has 0 bridgehead atoms. The molecule has 1 aliphatic heterocycles. The van der Waals surface area contributed by atoms with E-state index in [2.05, 4.69) is 21.2 Å². The number of nitrogens with zero attached hydrogens (tertiary/aromatic N) is 3. The lowest BCUT2D eigenvalue weighted by Crippen LogP contribution is -2.37. The maximum atomic E-state index is 11.8. The molecule has 1 fully saturated rings. The number of hydrogen-bond donors (Lipinski definition) is 0. The lowest BCUT2D eigenvalue weighted by molar-refractivity contribution is -0.148. The Bertz CT molecular complexity index is 631. The van der Waals surface area contributed by atoms with Crippen molar-refractivity contribution in [3.8, 4) is 0 Å². The van der Waals surface area contributed by atoms with Crippen LogP contribution in [0.25, 0.3) is 10.8 Å². The van der Waals surface area contributed by atoms with Gasteiger partial charge >= 0.3 is 5.97 Å². The smallest absolute Gasteiger partial charge is 0.309 e. The van der Waals surface area contributed by atoms with E-state index >= 15 is 0 Å². The topological polar surface area (TPSA) is 55.3 Å². The summed E-state index contributed by atoms with van der Waals surface area (Å²) in [6.07, 6.45) is 3.40. The van der Waals surface area contributed by atoms with Gasteiger partial charge in [-0.05, 0) is 19.8 Å². The SMILES string of the molecule is CCOC(=O)C1CCN(c2nncc3ccccc23)CC1. The highest BCUT2D eigenvalue weighted by Crippen LogP contribution is 2.27. The van der Waals surface area contributed by atoms with E-state index in [0.29, 0.717) is 6.61 Å². The number of carbonyl (C=O) groups excluding carboxylic acids is 1. The molecule has 0 radical (unpaired) electrons. The molecule has 0 spiro atoms. The number of hydrogen-bond acceptors (Lipinski definition) is 5. The van der Waals surface area contributed by atoms with Crippen LogP contribution in [0.5, 0.6) is 0 Å². The van der Waals surface area contributed by atoms with Crippen LogP contribution in [0.2, 0.25) is 0 Å². The summed E-state index contributed by atoms with van der Waals surface area (Å²) in [7, 11) is 0. The average Bonchev–Trinajstić information content (AvgIpc) is 2.55. The van der Waals surface area contributed by atoms with Crippen molar-refractivity contribution in [1.82, 2.24) is 10.2 Å². The van der Waals surface area contributed by atoms with Crippen molar-refractivity contribution in [2.24, 2.45) is 5.92 Å². The Balaban J connectivity index is 1.76. The first-order valence-corrected chi connectivity index (χ1v) is 7.41. The standard InChI is InChI=1S/C16H19N3O2/c1-2-21-16(20)12-7-9-19(10-8-12)15-14-6-4-3-5-13(14)11-17-18-15/h3-6,11-12H,2,7-10H2,1H3. The second kappa shape index (κ2) is 6.08. The van der Waals surface area contributed by atoms with Crippen molar-refractivity contribution in [2.75, 3.05) is 24.6 Å². The van der Waals surface area contributed by atoms with Gasteiger partial charge < -0.3 is 9.64 Å². The Kier molecular flexibility index (Phi) is 3.99. The van der Waals surface area contributed by atoms with Gasteiger partial charge in [-0.1, -0.05) is 24.3 Å². The monoisotopic (exact) mass is 285 g/mol. The third-order valence-corrected chi connectivity index (χ3v) is 3.97. The lowest BCUT2D eigenvalue weighted by atomic mass is 9.97. The van der Waals surface area contributed by atoms with Crippen LogP contribution in [-0.2, 0) is 9.53 Å². The van der Waals surface area contributed by atoms with Gasteiger partial charge in [-0.25, -0.2) is 0 Å². The van der Waals surface area contributed by atoms with Gasteiger partial charge in [0.1, 0.15) is 0 Å². The molecule has 0 saturated carbocycles. The van der Waals surface area contributed by atoms with E-state index in [1.54, 1.807) is 6.20 Å². The van der Waals surface area contributed by atoms with Crippen molar-refractivity contribution in [3.63, 3.8) is 0 Å². The predicted octanol–water partition coefficient (Wildman–Crippen LogP) is 2.41. The lowest BCUT2D eigenvalue weighted by Gasteiger charge is -2.31. The van der Waals surface area contributed by atoms with Gasteiger partial charge in [0.2, 0.25) is 0 Å². The highest BCUT2D eigenvalue weighted by Gasteiger charge is 2.27. The number of fused-ring (bicyclic) bond motifs is 1. The normalized spacial score (nSPS) is 16.1. The first-order valence-electron chi connectivity index (χ1n) is 7.41. The molecule has 0 atom stereocenters. The van der Waals surface area contributed by atoms with Crippen LogP contribution >= 0.6 is 0 Å². The number of aromatic nitrogens is 2. The van der Waals surface area contributed by atoms with Crippen LogP contribution in [0.3, 0.4) is 0 Å². The average molecular weight is 285 g/mol. The Morgan fingerprint density at radius 3 is 2.86 bits per heavy atom. The molecule has 2 heterocycles. The van der Waals surface area contributed by atoms with E-state index in [-0.39, 0.29) is 11.9 Å². The number of piperidine rings is 1. The molecule has 0 N–H and O–H groups in total. The molecule has 1 aromatic heterocycles. The molecule has 0 unspecified atom stereocenters. The quantitative estimate of drug-likeness (QED) is 0.811. The number of anilines is 1. The number of esters is 1. The summed E-state index contributed by atoms with van der Waals surface area (Å²) < 4.78 is 5.11. The van der Waals surface area contributed by atoms with Crippen molar-refractivity contribution in [2.45, 2.75) is 19.8 Å². The molecule has 1 aliphatic rings. The Morgan fingerprint density at radius 1 is 1.33 bits per heavy atom. The first kappa shape index (κ1) is 13.8. The van der Waals surface area contributed by atoms with Crippen molar-refractivity contribution >= 4 is 22.6 Å². The van der Waals surface area contributed by atoms with E-state index in [1.807, 2.05) is 25.1 Å². The molecule has 5 nitrogen and oxygen atoms in total. The third kappa shape index (κ3) is 2.82. The maximum absolute atomic E-state index is 11.8. The van der Waals surface area contributed by atoms with Crippen LogP contribution in [0, 0.1) is 5.92 Å². The molecule has 21 heavy (non-hydrogen) atoms. The number of carbonyl (C=O) groups is 1. The van der Waals surface area contributed by atoms with Crippen LogP contribution in [0.4, 0.5) is 5.82 Å². The minimum atomic E-state index is -0.0684. The predicted molar refractivity (Wildman–Crippen MR) is 81.1 cm³/mol. The molecule has 110 valence electrons. The summed E-state index contributed by atoms with van der Waals surface area (Å²) >= 11 is 0. The van der Waals surface area contributed by atoms with Crippen LogP contribution in [0.15, 0.2) is 30.5 Å². The van der Waals surface area contributed by atoms with E-state index < -0.39 is 0 Å². The summed E-state index contributed by atoms with van der Waals surface area (Å²) in [6, 6.07) is 8.12. The van der Waals surface area contributed by atoms with Crippen LogP contribution in [-0.4, -0.2) is 35.9 Å². The number of rotatable bonds is 3. The zero-order valence-corrected chi connectivity index (χ0v) is 12.2. The first-order chi connectivity index (χ1) is 10.3. The largest absolute Gasteiger partial charge is 0.466 e. The second-order valence-electron chi connectivity index (χ2n) is 5.27. The van der Waals surface area contributed by atoms with Crippen molar-refractivity contribution in [1.29, 1.82) is 0 Å². The fourth-order valence-corrected chi connectivity index (χ4v) is 2.83. The summed E-state index contributed by atoms with van der Waals surface area (Å²) in [6.45, 7) is 3.92. The maximum Gasteiger partial charge on any atom is 0.309 e. The summed E-state index contributed by atoms with van der Waals surface area (Å²) in [5.74, 6) is 0.862. The molecule has 5 heteroatoms. The highest BCUT2D eigenvalue weighted by atomic mass is 16.5. The van der Waals surface area contributed by atoms with Gasteiger partial charge in [0, 0.05) is 23.9 Å². The van der Waals surface area contributed by atoms with E-state index in [1.165, 1.54) is 0 Å². The second-order valence-corrected chi connectivity index (χ2v) is 5.27. The molecule has 1 aromatic carbocycles. The zero-order chi connectivity index (χ0) is 14.7. The van der Waals surface area contributed by atoms with Crippen molar-refractivity contribution in [3.05, 3.63) is 30.5 Å². The minimum absolute atomic E-state index is 0.0177. The molecule has 2 aromatic rings. The zero-order valence-electron chi connectivity index (χ0n) is 12.2. The van der Waals surface area contributed by atoms with E-state index in [0.717, 1.165) is 42.5 Å². The van der Waals surface area contributed by atoms with Gasteiger partial charge in [-0.3, -0.25) is 4.79 Å². The summed E-state index contributed by atoms with van der Waals surface area (Å²) in [5, 5.41) is 10.6. The molecular formula is C16H19N3O2. The van der Waals surface area contributed by atoms with E-state index in [4.69, 9.17) is 4.74 Å². The number of ether oxygens (including phenoxy) is 1. The van der Waals surface area contributed by atoms with Gasteiger partial charge in [-0.2, -0.15) is 5.10 Å². The fraction of sp³-hybridized carbons (Fsp3) is 0.438. The van der Waals surface area contributed by atoms with E-state index in [9.17, 15) is 4.79 Å². The Labute approximate surface area is 123 Å². The summed E-state index contributed by atoms with van der Waals surface area (Å²) in [4.78, 5) is 14.0. The Morgan fingerprint density at radius 2 is 2.10 bits per heavy atom. The molecule has 1 saturated heterocycles. The van der Waals surface area contributed by atoms with Gasteiger partial charge in [0.15, 0.2) is 5.82 Å². The molecule has 0 amide bonds.